The molecular formula is C18H26F6IN5O. The van der Waals surface area contributed by atoms with Crippen LogP contribution in [0.3, 0.4) is 0 Å². The van der Waals surface area contributed by atoms with Gasteiger partial charge < -0.3 is 15.0 Å². The third kappa shape index (κ3) is 9.25. The summed E-state index contributed by atoms with van der Waals surface area (Å²) in [7, 11) is 0. The number of hydrogen-bond acceptors (Lipinski definition) is 4. The van der Waals surface area contributed by atoms with Crippen LogP contribution in [0.1, 0.15) is 19.4 Å². The minimum absolute atomic E-state index is 0. The first-order valence-corrected chi connectivity index (χ1v) is 9.48. The standard InChI is InChI=1S/C18H25F6N5O.HI/c1-3-25-16(29-8-6-28(7-9-29)13(2)18(22,23)24)27-11-14-4-5-15(26-10-14)30-12-17(19,20)21;/h4-5,10,13H,3,6-9,11-12H2,1-2H3,(H,25,27);1H. The van der Waals surface area contributed by atoms with Crippen LogP contribution in [-0.2, 0) is 6.54 Å². The first-order chi connectivity index (χ1) is 14.0. The molecule has 1 atom stereocenters. The summed E-state index contributed by atoms with van der Waals surface area (Å²) in [5.74, 6) is 0.427. The van der Waals surface area contributed by atoms with Crippen molar-refractivity contribution in [1.29, 1.82) is 0 Å². The number of aliphatic imine (C=N–C) groups is 1. The van der Waals surface area contributed by atoms with Gasteiger partial charge in [-0.1, -0.05) is 6.07 Å². The van der Waals surface area contributed by atoms with Crippen LogP contribution in [0.5, 0.6) is 5.88 Å². The van der Waals surface area contributed by atoms with E-state index in [0.29, 0.717) is 31.2 Å². The number of ether oxygens (including phenoxy) is 1. The summed E-state index contributed by atoms with van der Waals surface area (Å²) in [6, 6.07) is 1.40. The normalized spacial score (nSPS) is 17.2. The number of hydrogen-bond donors (Lipinski definition) is 1. The van der Waals surface area contributed by atoms with E-state index < -0.39 is 25.0 Å². The molecule has 0 aromatic carbocycles. The summed E-state index contributed by atoms with van der Waals surface area (Å²) in [5.41, 5.74) is 0.661. The number of halogens is 7. The van der Waals surface area contributed by atoms with Gasteiger partial charge in [0.05, 0.1) is 6.54 Å². The molecule has 0 spiro atoms. The largest absolute Gasteiger partial charge is 0.468 e. The Labute approximate surface area is 194 Å². The quantitative estimate of drug-likeness (QED) is 0.246. The fourth-order valence-corrected chi connectivity index (χ4v) is 2.87. The SMILES string of the molecule is CCNC(=NCc1ccc(OCC(F)(F)F)nc1)N1CCN(C(C)C(F)(F)F)CC1.I. The average Bonchev–Trinajstić information content (AvgIpc) is 2.68. The fraction of sp³-hybridized carbons (Fsp3) is 0.667. The second-order valence-electron chi connectivity index (χ2n) is 6.82. The van der Waals surface area contributed by atoms with Crippen LogP contribution in [0.15, 0.2) is 23.3 Å². The van der Waals surface area contributed by atoms with Gasteiger partial charge in [-0.2, -0.15) is 26.3 Å². The highest BCUT2D eigenvalue weighted by atomic mass is 127. The van der Waals surface area contributed by atoms with Crippen LogP contribution in [0, 0.1) is 0 Å². The van der Waals surface area contributed by atoms with Gasteiger partial charge in [-0.25, -0.2) is 9.98 Å². The number of guanidine groups is 1. The number of pyridine rings is 1. The molecule has 1 N–H and O–H groups in total. The van der Waals surface area contributed by atoms with E-state index >= 15 is 0 Å². The van der Waals surface area contributed by atoms with Gasteiger partial charge in [-0.15, -0.1) is 24.0 Å². The van der Waals surface area contributed by atoms with Crippen molar-refractivity contribution in [2.24, 2.45) is 4.99 Å². The van der Waals surface area contributed by atoms with E-state index in [1.54, 1.807) is 6.07 Å². The molecule has 1 fully saturated rings. The van der Waals surface area contributed by atoms with E-state index in [0.717, 1.165) is 6.92 Å². The molecule has 0 aliphatic carbocycles. The lowest BCUT2D eigenvalue weighted by atomic mass is 10.2. The zero-order valence-electron chi connectivity index (χ0n) is 17.1. The van der Waals surface area contributed by atoms with Crippen LogP contribution in [-0.4, -0.2) is 78.5 Å². The van der Waals surface area contributed by atoms with Crippen molar-refractivity contribution in [2.75, 3.05) is 39.3 Å². The first kappa shape index (κ1) is 27.5. The number of nitrogens with zero attached hydrogens (tertiary/aromatic N) is 4. The summed E-state index contributed by atoms with van der Waals surface area (Å²) in [4.78, 5) is 11.6. The maximum Gasteiger partial charge on any atom is 0.422 e. The number of rotatable bonds is 6. The number of alkyl halides is 6. The summed E-state index contributed by atoms with van der Waals surface area (Å²) in [6.45, 7) is 3.74. The summed E-state index contributed by atoms with van der Waals surface area (Å²) >= 11 is 0. The van der Waals surface area contributed by atoms with E-state index in [4.69, 9.17) is 0 Å². The molecule has 0 saturated carbocycles. The summed E-state index contributed by atoms with van der Waals surface area (Å²) in [5, 5.41) is 3.11. The third-order valence-electron chi connectivity index (χ3n) is 4.56. The van der Waals surface area contributed by atoms with Crippen LogP contribution in [0.4, 0.5) is 26.3 Å². The molecule has 1 aliphatic heterocycles. The molecule has 13 heteroatoms. The Morgan fingerprint density at radius 2 is 1.81 bits per heavy atom. The van der Waals surface area contributed by atoms with E-state index in [1.165, 1.54) is 17.2 Å². The average molecular weight is 569 g/mol. The molecule has 1 aliphatic rings. The lowest BCUT2D eigenvalue weighted by molar-refractivity contribution is -0.181. The Hall–Kier alpha value is -1.51. The monoisotopic (exact) mass is 569 g/mol. The molecule has 0 bridgehead atoms. The van der Waals surface area contributed by atoms with E-state index in [-0.39, 0.29) is 49.5 Å². The molecule has 1 unspecified atom stereocenters. The van der Waals surface area contributed by atoms with Crippen LogP contribution in [0.2, 0.25) is 0 Å². The topological polar surface area (TPSA) is 53.0 Å². The van der Waals surface area contributed by atoms with Gasteiger partial charge in [0.1, 0.15) is 6.04 Å². The van der Waals surface area contributed by atoms with Gasteiger partial charge in [-0.05, 0) is 19.4 Å². The van der Waals surface area contributed by atoms with Gasteiger partial charge in [0.2, 0.25) is 5.88 Å². The van der Waals surface area contributed by atoms with Crippen molar-refractivity contribution in [3.63, 3.8) is 0 Å². The van der Waals surface area contributed by atoms with Gasteiger partial charge >= 0.3 is 12.4 Å². The van der Waals surface area contributed by atoms with Crippen molar-refractivity contribution in [1.82, 2.24) is 20.1 Å². The van der Waals surface area contributed by atoms with Crippen LogP contribution < -0.4 is 10.1 Å². The lowest BCUT2D eigenvalue weighted by Crippen LogP contribution is -2.56. The molecule has 2 rings (SSSR count). The highest BCUT2D eigenvalue weighted by Gasteiger charge is 2.41. The highest BCUT2D eigenvalue weighted by molar-refractivity contribution is 14.0. The minimum atomic E-state index is -4.44. The molecule has 1 aromatic rings. The summed E-state index contributed by atoms with van der Waals surface area (Å²) in [6.07, 6.45) is -7.32. The third-order valence-corrected chi connectivity index (χ3v) is 4.56. The smallest absolute Gasteiger partial charge is 0.422 e. The van der Waals surface area contributed by atoms with E-state index in [2.05, 4.69) is 20.0 Å². The van der Waals surface area contributed by atoms with Gasteiger partial charge in [-0.3, -0.25) is 4.90 Å². The fourth-order valence-electron chi connectivity index (χ4n) is 2.87. The van der Waals surface area contributed by atoms with Crippen LogP contribution >= 0.6 is 24.0 Å². The van der Waals surface area contributed by atoms with E-state index in [1.807, 2.05) is 11.8 Å². The van der Waals surface area contributed by atoms with Crippen molar-refractivity contribution in [2.45, 2.75) is 38.8 Å². The molecule has 0 amide bonds. The van der Waals surface area contributed by atoms with Crippen molar-refractivity contribution >= 4 is 29.9 Å². The second-order valence-corrected chi connectivity index (χ2v) is 6.82. The maximum absolute atomic E-state index is 12.9. The van der Waals surface area contributed by atoms with Crippen molar-refractivity contribution in [3.8, 4) is 5.88 Å². The first-order valence-electron chi connectivity index (χ1n) is 9.48. The minimum Gasteiger partial charge on any atom is -0.468 e. The maximum atomic E-state index is 12.9. The van der Waals surface area contributed by atoms with Crippen molar-refractivity contribution in [3.05, 3.63) is 23.9 Å². The Kier molecular flexibility index (Phi) is 10.6. The Balaban J connectivity index is 0.00000480. The predicted octanol–water partition coefficient (Wildman–Crippen LogP) is 3.67. The van der Waals surface area contributed by atoms with Gasteiger partial charge in [0, 0.05) is 45.0 Å². The molecular weight excluding hydrogens is 543 g/mol. The Morgan fingerprint density at radius 3 is 2.29 bits per heavy atom. The zero-order chi connectivity index (χ0) is 22.4. The molecule has 178 valence electrons. The van der Waals surface area contributed by atoms with Gasteiger partial charge in [0.15, 0.2) is 12.6 Å². The van der Waals surface area contributed by atoms with Crippen LogP contribution in [0.25, 0.3) is 0 Å². The van der Waals surface area contributed by atoms with Crippen molar-refractivity contribution < 1.29 is 31.1 Å². The highest BCUT2D eigenvalue weighted by Crippen LogP contribution is 2.25. The molecule has 6 nitrogen and oxygen atoms in total. The molecule has 31 heavy (non-hydrogen) atoms. The number of piperazine rings is 1. The second kappa shape index (κ2) is 11.9. The lowest BCUT2D eigenvalue weighted by Gasteiger charge is -2.39. The zero-order valence-corrected chi connectivity index (χ0v) is 19.5. The predicted molar refractivity (Wildman–Crippen MR) is 115 cm³/mol. The number of nitrogens with one attached hydrogen (secondary N) is 1. The Morgan fingerprint density at radius 1 is 1.16 bits per heavy atom. The summed E-state index contributed by atoms with van der Waals surface area (Å²) < 4.78 is 79.7. The Bertz CT molecular complexity index is 690. The molecule has 1 aromatic heterocycles. The van der Waals surface area contributed by atoms with E-state index in [9.17, 15) is 26.3 Å². The molecule has 2 heterocycles. The molecule has 0 radical (unpaired) electrons. The number of aromatic nitrogens is 1. The van der Waals surface area contributed by atoms with Gasteiger partial charge in [0.25, 0.3) is 0 Å². The molecule has 1 saturated heterocycles.